The summed E-state index contributed by atoms with van der Waals surface area (Å²) in [6, 6.07) is 3.24. The van der Waals surface area contributed by atoms with Crippen molar-refractivity contribution >= 4 is 17.8 Å². The zero-order chi connectivity index (χ0) is 15.6. The summed E-state index contributed by atoms with van der Waals surface area (Å²) in [7, 11) is 1.80. The molecule has 2 heterocycles. The normalized spacial score (nSPS) is 10.2. The van der Waals surface area contributed by atoms with Crippen molar-refractivity contribution in [1.29, 1.82) is 0 Å². The molecule has 0 unspecified atom stereocenters. The number of aryl methyl sites for hydroxylation is 2. The van der Waals surface area contributed by atoms with Crippen molar-refractivity contribution in [2.24, 2.45) is 12.8 Å². The summed E-state index contributed by atoms with van der Waals surface area (Å²) in [6.07, 6.45) is 0.509. The van der Waals surface area contributed by atoms with Crippen molar-refractivity contribution in [3.05, 3.63) is 24.0 Å². The lowest BCUT2D eigenvalue weighted by molar-refractivity contribution is -0.114. The third-order valence-electron chi connectivity index (χ3n) is 2.77. The van der Waals surface area contributed by atoms with Crippen molar-refractivity contribution in [3.63, 3.8) is 0 Å². The fourth-order valence-corrected chi connectivity index (χ4v) is 1.76. The van der Waals surface area contributed by atoms with Gasteiger partial charge in [-0.3, -0.25) is 9.48 Å². The Bertz CT molecular complexity index is 688. The van der Waals surface area contributed by atoms with Crippen molar-refractivity contribution in [2.75, 3.05) is 5.32 Å². The smallest absolute Gasteiger partial charge is 0.409 e. The van der Waals surface area contributed by atoms with E-state index in [1.807, 2.05) is 13.0 Å². The number of nitrogens with zero attached hydrogens (tertiary/aromatic N) is 3. The molecule has 2 aromatic heterocycles. The Labute approximate surface area is 120 Å². The molecular formula is C13H15N5O3. The average Bonchev–Trinajstić information content (AvgIpc) is 2.68. The zero-order valence-corrected chi connectivity index (χ0v) is 11.9. The van der Waals surface area contributed by atoms with Crippen LogP contribution < -0.4 is 15.8 Å². The Hall–Kier alpha value is -2.90. The number of nitrogens with two attached hydrogens (primary N) is 1. The van der Waals surface area contributed by atoms with E-state index in [1.54, 1.807) is 11.7 Å². The van der Waals surface area contributed by atoms with Crippen LogP contribution in [0.4, 0.5) is 10.6 Å². The molecule has 3 N–H and O–H groups in total. The van der Waals surface area contributed by atoms with Gasteiger partial charge in [-0.05, 0) is 13.0 Å². The fourth-order valence-electron chi connectivity index (χ4n) is 1.76. The van der Waals surface area contributed by atoms with Crippen LogP contribution in [0.15, 0.2) is 18.3 Å². The SMILES string of the molecule is CC(=O)Nc1cc(OC(N)=O)c(-c2cc(C)n(C)n2)cn1. The minimum absolute atomic E-state index is 0.180. The number of hydrogen-bond acceptors (Lipinski definition) is 5. The molecule has 0 bridgehead atoms. The number of carbonyl (C=O) groups excluding carboxylic acids is 2. The molecule has 0 saturated carbocycles. The lowest BCUT2D eigenvalue weighted by atomic mass is 10.2. The molecule has 0 aromatic carbocycles. The molecule has 8 heteroatoms. The predicted molar refractivity (Wildman–Crippen MR) is 75.7 cm³/mol. The molecule has 0 aliphatic heterocycles. The summed E-state index contributed by atoms with van der Waals surface area (Å²) >= 11 is 0. The monoisotopic (exact) mass is 289 g/mol. The topological polar surface area (TPSA) is 112 Å². The molecule has 0 aliphatic rings. The van der Waals surface area contributed by atoms with Crippen LogP contribution in [-0.2, 0) is 11.8 Å². The minimum atomic E-state index is -0.955. The van der Waals surface area contributed by atoms with Gasteiger partial charge in [0.05, 0.1) is 11.3 Å². The highest BCUT2D eigenvalue weighted by atomic mass is 16.5. The highest BCUT2D eigenvalue weighted by Gasteiger charge is 2.15. The summed E-state index contributed by atoms with van der Waals surface area (Å²) in [5.41, 5.74) is 7.09. The van der Waals surface area contributed by atoms with Crippen LogP contribution in [0.25, 0.3) is 11.3 Å². The maximum absolute atomic E-state index is 11.1. The summed E-state index contributed by atoms with van der Waals surface area (Å²) in [4.78, 5) is 26.2. The second-order valence-corrected chi connectivity index (χ2v) is 4.46. The molecule has 21 heavy (non-hydrogen) atoms. The van der Waals surface area contributed by atoms with Crippen molar-refractivity contribution in [2.45, 2.75) is 13.8 Å². The molecule has 0 radical (unpaired) electrons. The van der Waals surface area contributed by atoms with Crippen LogP contribution in [0.1, 0.15) is 12.6 Å². The van der Waals surface area contributed by atoms with Gasteiger partial charge in [0.2, 0.25) is 5.91 Å². The van der Waals surface area contributed by atoms with Crippen LogP contribution in [0.5, 0.6) is 5.75 Å². The van der Waals surface area contributed by atoms with E-state index in [1.165, 1.54) is 19.2 Å². The Balaban J connectivity index is 2.48. The van der Waals surface area contributed by atoms with E-state index in [4.69, 9.17) is 10.5 Å². The van der Waals surface area contributed by atoms with Gasteiger partial charge in [0.25, 0.3) is 0 Å². The Morgan fingerprint density at radius 1 is 1.38 bits per heavy atom. The first kappa shape index (κ1) is 14.5. The Morgan fingerprint density at radius 2 is 2.10 bits per heavy atom. The summed E-state index contributed by atoms with van der Waals surface area (Å²) in [5.74, 6) is 0.156. The summed E-state index contributed by atoms with van der Waals surface area (Å²) in [5, 5.41) is 6.80. The van der Waals surface area contributed by atoms with Crippen LogP contribution in [0, 0.1) is 6.92 Å². The second kappa shape index (κ2) is 5.61. The summed E-state index contributed by atoms with van der Waals surface area (Å²) < 4.78 is 6.66. The maximum atomic E-state index is 11.1. The number of primary amides is 1. The quantitative estimate of drug-likeness (QED) is 0.881. The van der Waals surface area contributed by atoms with Gasteiger partial charge < -0.3 is 15.8 Å². The Kier molecular flexibility index (Phi) is 3.88. The molecule has 0 fully saturated rings. The van der Waals surface area contributed by atoms with Gasteiger partial charge in [-0.2, -0.15) is 5.10 Å². The van der Waals surface area contributed by atoms with Gasteiger partial charge in [0, 0.05) is 31.9 Å². The number of rotatable bonds is 3. The van der Waals surface area contributed by atoms with Crippen LogP contribution in [0.2, 0.25) is 0 Å². The molecule has 2 amide bonds. The van der Waals surface area contributed by atoms with Crippen molar-refractivity contribution in [1.82, 2.24) is 14.8 Å². The van der Waals surface area contributed by atoms with Crippen molar-refractivity contribution < 1.29 is 14.3 Å². The second-order valence-electron chi connectivity index (χ2n) is 4.46. The van der Waals surface area contributed by atoms with Crippen LogP contribution in [-0.4, -0.2) is 26.8 Å². The number of amides is 2. The third-order valence-corrected chi connectivity index (χ3v) is 2.77. The number of anilines is 1. The zero-order valence-electron chi connectivity index (χ0n) is 11.9. The molecule has 110 valence electrons. The standard InChI is InChI=1S/C13H15N5O3/c1-7-4-10(17-18(7)3)9-6-15-12(16-8(2)19)5-11(9)21-13(14)20/h4-6H,1-3H3,(H2,14,20)(H,15,16,19). The van der Waals surface area contributed by atoms with Crippen LogP contribution >= 0.6 is 0 Å². The van der Waals surface area contributed by atoms with Gasteiger partial charge in [-0.15, -0.1) is 0 Å². The number of pyridine rings is 1. The largest absolute Gasteiger partial charge is 0.410 e. The van der Waals surface area contributed by atoms with E-state index in [-0.39, 0.29) is 17.5 Å². The van der Waals surface area contributed by atoms with E-state index in [9.17, 15) is 9.59 Å². The van der Waals surface area contributed by atoms with Gasteiger partial charge in [0.1, 0.15) is 11.6 Å². The van der Waals surface area contributed by atoms with E-state index >= 15 is 0 Å². The van der Waals surface area contributed by atoms with Gasteiger partial charge in [-0.25, -0.2) is 9.78 Å². The molecule has 2 aromatic rings. The number of ether oxygens (including phenoxy) is 1. The van der Waals surface area contributed by atoms with Crippen LogP contribution in [0.3, 0.4) is 0 Å². The molecule has 0 atom stereocenters. The predicted octanol–water partition coefficient (Wildman–Crippen LogP) is 1.21. The number of aromatic nitrogens is 3. The number of nitrogens with one attached hydrogen (secondary N) is 1. The van der Waals surface area contributed by atoms with Gasteiger partial charge in [-0.1, -0.05) is 0 Å². The lowest BCUT2D eigenvalue weighted by Crippen LogP contribution is -2.17. The highest BCUT2D eigenvalue weighted by Crippen LogP contribution is 2.30. The fraction of sp³-hybridized carbons (Fsp3) is 0.231. The van der Waals surface area contributed by atoms with E-state index in [2.05, 4.69) is 15.4 Å². The third kappa shape index (κ3) is 3.35. The average molecular weight is 289 g/mol. The first-order valence-corrected chi connectivity index (χ1v) is 6.12. The summed E-state index contributed by atoms with van der Waals surface area (Å²) in [6.45, 7) is 3.25. The number of carbonyl (C=O) groups is 2. The van der Waals surface area contributed by atoms with E-state index < -0.39 is 6.09 Å². The van der Waals surface area contributed by atoms with Gasteiger partial charge >= 0.3 is 6.09 Å². The van der Waals surface area contributed by atoms with E-state index in [0.717, 1.165) is 5.69 Å². The number of hydrogen-bond donors (Lipinski definition) is 2. The van der Waals surface area contributed by atoms with Gasteiger partial charge in [0.15, 0.2) is 0 Å². The molecule has 0 spiro atoms. The first-order valence-electron chi connectivity index (χ1n) is 6.12. The van der Waals surface area contributed by atoms with Crippen molar-refractivity contribution in [3.8, 4) is 17.0 Å². The minimum Gasteiger partial charge on any atom is -0.410 e. The molecule has 8 nitrogen and oxygen atoms in total. The Morgan fingerprint density at radius 3 is 2.62 bits per heavy atom. The highest BCUT2D eigenvalue weighted by molar-refractivity contribution is 5.88. The first-order chi connectivity index (χ1) is 9.86. The maximum Gasteiger partial charge on any atom is 0.409 e. The van der Waals surface area contributed by atoms with E-state index in [0.29, 0.717) is 11.3 Å². The molecule has 2 rings (SSSR count). The molecule has 0 aliphatic carbocycles. The molecular weight excluding hydrogens is 274 g/mol. The molecule has 0 saturated heterocycles. The lowest BCUT2D eigenvalue weighted by Gasteiger charge is -2.08.